The van der Waals surface area contributed by atoms with Crippen LogP contribution in [-0.2, 0) is 7.05 Å². The molecule has 1 heterocycles. The van der Waals surface area contributed by atoms with Crippen LogP contribution in [0.4, 0.5) is 11.4 Å². The average Bonchev–Trinajstić information content (AvgIpc) is 2.57. The van der Waals surface area contributed by atoms with E-state index in [4.69, 9.17) is 0 Å². The third-order valence-corrected chi connectivity index (χ3v) is 4.27. The Hall–Kier alpha value is -2.74. The van der Waals surface area contributed by atoms with E-state index in [0.717, 1.165) is 10.2 Å². The van der Waals surface area contributed by atoms with Gasteiger partial charge in [-0.15, -0.1) is 0 Å². The smallest absolute Gasteiger partial charge is 0.277 e. The van der Waals surface area contributed by atoms with E-state index in [2.05, 4.69) is 26.2 Å². The predicted molar refractivity (Wildman–Crippen MR) is 96.3 cm³/mol. The Balaban J connectivity index is 2.37. The second-order valence-electron chi connectivity index (χ2n) is 5.19. The Labute approximate surface area is 145 Å². The number of non-ortho nitro benzene ring substituents is 1. The van der Waals surface area contributed by atoms with Crippen molar-refractivity contribution in [2.45, 2.75) is 0 Å². The zero-order valence-electron chi connectivity index (χ0n) is 12.9. The lowest BCUT2D eigenvalue weighted by Gasteiger charge is -2.12. The number of hydrogen-bond donors (Lipinski definition) is 1. The van der Waals surface area contributed by atoms with Gasteiger partial charge in [0.1, 0.15) is 5.69 Å². The number of hydrogen-bond acceptors (Lipinski definition) is 5. The van der Waals surface area contributed by atoms with Crippen molar-refractivity contribution in [3.05, 3.63) is 61.3 Å². The van der Waals surface area contributed by atoms with Crippen LogP contribution in [0.2, 0.25) is 0 Å². The number of fused-ring (bicyclic) bond motifs is 1. The molecule has 24 heavy (non-hydrogen) atoms. The molecule has 1 N–H and O–H groups in total. The third kappa shape index (κ3) is 2.65. The van der Waals surface area contributed by atoms with Crippen LogP contribution in [0.25, 0.3) is 22.3 Å². The first-order valence-corrected chi connectivity index (χ1v) is 7.84. The number of rotatable bonds is 3. The second kappa shape index (κ2) is 6.04. The molecule has 0 saturated heterocycles. The average molecular weight is 389 g/mol. The van der Waals surface area contributed by atoms with Crippen LogP contribution in [0, 0.1) is 10.1 Å². The molecule has 0 aliphatic carbocycles. The minimum atomic E-state index is -0.482. The number of nitro benzene ring substituents is 1. The van der Waals surface area contributed by atoms with Crippen molar-refractivity contribution in [3.8, 4) is 11.3 Å². The predicted octanol–water partition coefficient (Wildman–Crippen LogP) is 3.31. The van der Waals surface area contributed by atoms with Crippen LogP contribution in [0.5, 0.6) is 0 Å². The highest BCUT2D eigenvalue weighted by Crippen LogP contribution is 2.29. The molecule has 3 rings (SSSR count). The Morgan fingerprint density at radius 3 is 2.67 bits per heavy atom. The van der Waals surface area contributed by atoms with Gasteiger partial charge >= 0.3 is 0 Å². The standard InChI is InChI=1S/C16H13BrN4O3/c1-18-12-5-3-9(17)7-11(12)15-16(22)20(2)14-6-4-10(21(23)24)8-13(14)19-15/h3-8,18H,1-2H3. The van der Waals surface area contributed by atoms with Crippen molar-refractivity contribution >= 4 is 38.3 Å². The first-order valence-electron chi connectivity index (χ1n) is 7.05. The van der Waals surface area contributed by atoms with E-state index < -0.39 is 4.92 Å². The SMILES string of the molecule is CNc1ccc(Br)cc1-c1nc2cc([N+](=O)[O-])ccc2n(C)c1=O. The van der Waals surface area contributed by atoms with E-state index >= 15 is 0 Å². The number of halogens is 1. The van der Waals surface area contributed by atoms with E-state index in [1.54, 1.807) is 20.2 Å². The number of benzene rings is 2. The van der Waals surface area contributed by atoms with Crippen LogP contribution in [-0.4, -0.2) is 21.5 Å². The molecule has 0 aliphatic heterocycles. The fourth-order valence-corrected chi connectivity index (χ4v) is 2.90. The number of nitrogens with zero attached hydrogens (tertiary/aromatic N) is 3. The highest BCUT2D eigenvalue weighted by molar-refractivity contribution is 9.10. The van der Waals surface area contributed by atoms with Gasteiger partial charge in [-0.25, -0.2) is 4.98 Å². The molecule has 0 fully saturated rings. The first-order chi connectivity index (χ1) is 11.4. The van der Waals surface area contributed by atoms with Crippen LogP contribution >= 0.6 is 15.9 Å². The maximum atomic E-state index is 12.7. The molecular weight excluding hydrogens is 376 g/mol. The van der Waals surface area contributed by atoms with Crippen molar-refractivity contribution in [2.24, 2.45) is 7.05 Å². The summed E-state index contributed by atoms with van der Waals surface area (Å²) in [5, 5.41) is 14.0. The molecule has 7 nitrogen and oxygen atoms in total. The van der Waals surface area contributed by atoms with E-state index in [9.17, 15) is 14.9 Å². The summed E-state index contributed by atoms with van der Waals surface area (Å²) in [5.41, 5.74) is 2.19. The molecule has 0 amide bonds. The van der Waals surface area contributed by atoms with Crippen molar-refractivity contribution in [2.75, 3.05) is 12.4 Å². The highest BCUT2D eigenvalue weighted by atomic mass is 79.9. The maximum Gasteiger partial charge on any atom is 0.277 e. The fourth-order valence-electron chi connectivity index (χ4n) is 2.54. The largest absolute Gasteiger partial charge is 0.388 e. The normalized spacial score (nSPS) is 10.8. The second-order valence-corrected chi connectivity index (χ2v) is 6.11. The van der Waals surface area contributed by atoms with Gasteiger partial charge in [-0.1, -0.05) is 15.9 Å². The van der Waals surface area contributed by atoms with Gasteiger partial charge in [-0.05, 0) is 24.3 Å². The molecule has 0 saturated carbocycles. The van der Waals surface area contributed by atoms with E-state index in [-0.39, 0.29) is 16.9 Å². The van der Waals surface area contributed by atoms with E-state index in [1.807, 2.05) is 12.1 Å². The van der Waals surface area contributed by atoms with E-state index in [0.29, 0.717) is 16.6 Å². The molecule has 1 aromatic heterocycles. The molecule has 0 atom stereocenters. The molecule has 8 heteroatoms. The number of aromatic nitrogens is 2. The monoisotopic (exact) mass is 388 g/mol. The lowest BCUT2D eigenvalue weighted by Crippen LogP contribution is -2.21. The zero-order valence-corrected chi connectivity index (χ0v) is 14.5. The topological polar surface area (TPSA) is 90.1 Å². The molecule has 2 aromatic carbocycles. The van der Waals surface area contributed by atoms with Gasteiger partial charge in [-0.2, -0.15) is 0 Å². The minimum absolute atomic E-state index is 0.0670. The summed E-state index contributed by atoms with van der Waals surface area (Å²) in [7, 11) is 3.38. The van der Waals surface area contributed by atoms with Gasteiger partial charge in [0.25, 0.3) is 11.2 Å². The Bertz CT molecular complexity index is 1030. The van der Waals surface area contributed by atoms with Crippen LogP contribution in [0.3, 0.4) is 0 Å². The molecule has 3 aromatic rings. The summed E-state index contributed by atoms with van der Waals surface area (Å²) in [6, 6.07) is 9.74. The lowest BCUT2D eigenvalue weighted by molar-refractivity contribution is -0.384. The molecule has 0 bridgehead atoms. The fraction of sp³-hybridized carbons (Fsp3) is 0.125. The third-order valence-electron chi connectivity index (χ3n) is 3.78. The summed E-state index contributed by atoms with van der Waals surface area (Å²) >= 11 is 3.39. The van der Waals surface area contributed by atoms with Gasteiger partial charge in [-0.3, -0.25) is 14.9 Å². The van der Waals surface area contributed by atoms with Gasteiger partial charge in [0, 0.05) is 42.0 Å². The summed E-state index contributed by atoms with van der Waals surface area (Å²) in [5.74, 6) is 0. The van der Waals surface area contributed by atoms with Gasteiger partial charge in [0.05, 0.1) is 16.0 Å². The molecule has 122 valence electrons. The molecule has 0 aliphatic rings. The summed E-state index contributed by atoms with van der Waals surface area (Å²) in [6.45, 7) is 0. The van der Waals surface area contributed by atoms with Gasteiger partial charge < -0.3 is 9.88 Å². The quantitative estimate of drug-likeness (QED) is 0.548. The Morgan fingerprint density at radius 2 is 2.00 bits per heavy atom. The van der Waals surface area contributed by atoms with Crippen molar-refractivity contribution in [3.63, 3.8) is 0 Å². The van der Waals surface area contributed by atoms with Gasteiger partial charge in [0.15, 0.2) is 0 Å². The van der Waals surface area contributed by atoms with E-state index in [1.165, 1.54) is 22.8 Å². The maximum absolute atomic E-state index is 12.7. The molecular formula is C16H13BrN4O3. The first kappa shape index (κ1) is 16.1. The number of nitrogens with one attached hydrogen (secondary N) is 1. The highest BCUT2D eigenvalue weighted by Gasteiger charge is 2.16. The number of nitro groups is 1. The van der Waals surface area contributed by atoms with Crippen LogP contribution < -0.4 is 10.9 Å². The van der Waals surface area contributed by atoms with Crippen molar-refractivity contribution in [1.82, 2.24) is 9.55 Å². The molecule has 0 unspecified atom stereocenters. The number of aryl methyl sites for hydroxylation is 1. The summed E-state index contributed by atoms with van der Waals surface area (Å²) in [4.78, 5) is 27.6. The molecule has 0 radical (unpaired) electrons. The van der Waals surface area contributed by atoms with Crippen molar-refractivity contribution < 1.29 is 4.92 Å². The van der Waals surface area contributed by atoms with Gasteiger partial charge in [0.2, 0.25) is 0 Å². The Kier molecular flexibility index (Phi) is 4.06. The Morgan fingerprint density at radius 1 is 1.25 bits per heavy atom. The molecule has 0 spiro atoms. The summed E-state index contributed by atoms with van der Waals surface area (Å²) < 4.78 is 2.25. The van der Waals surface area contributed by atoms with Crippen LogP contribution in [0.15, 0.2) is 45.7 Å². The minimum Gasteiger partial charge on any atom is -0.388 e. The number of anilines is 1. The summed E-state index contributed by atoms with van der Waals surface area (Å²) in [6.07, 6.45) is 0. The zero-order chi connectivity index (χ0) is 17.4. The lowest BCUT2D eigenvalue weighted by atomic mass is 10.1. The van der Waals surface area contributed by atoms with Crippen LogP contribution in [0.1, 0.15) is 0 Å². The van der Waals surface area contributed by atoms with Crippen molar-refractivity contribution in [1.29, 1.82) is 0 Å².